The van der Waals surface area contributed by atoms with Gasteiger partial charge in [0.25, 0.3) is 0 Å². The van der Waals surface area contributed by atoms with E-state index in [-0.39, 0.29) is 12.1 Å². The lowest BCUT2D eigenvalue weighted by atomic mass is 9.94. The van der Waals surface area contributed by atoms with Crippen molar-refractivity contribution < 1.29 is 9.50 Å². The molecular weight excluding hydrogens is 130 g/mol. The van der Waals surface area contributed by atoms with Crippen molar-refractivity contribution in [2.24, 2.45) is 0 Å². The van der Waals surface area contributed by atoms with Gasteiger partial charge in [0.2, 0.25) is 0 Å². The highest BCUT2D eigenvalue weighted by molar-refractivity contribution is 6.32. The van der Waals surface area contributed by atoms with Gasteiger partial charge in [-0.3, -0.25) is 0 Å². The number of benzene rings is 1. The highest BCUT2D eigenvalue weighted by atomic mass is 19.1. The van der Waals surface area contributed by atoms with E-state index in [0.717, 1.165) is 0 Å². The molecule has 10 heavy (non-hydrogen) atoms. The van der Waals surface area contributed by atoms with E-state index < -0.39 is 5.82 Å². The van der Waals surface area contributed by atoms with Gasteiger partial charge < -0.3 is 5.11 Å². The molecule has 1 aromatic carbocycles. The van der Waals surface area contributed by atoms with E-state index in [1.807, 2.05) is 0 Å². The molecule has 1 rings (SSSR count). The predicted molar refractivity (Wildman–Crippen MR) is 37.7 cm³/mol. The Labute approximate surface area is 59.9 Å². The lowest BCUT2D eigenvalue weighted by molar-refractivity contribution is 0.282. The second-order valence-electron chi connectivity index (χ2n) is 2.01. The standard InChI is InChI=1S/C7H6BFO/c8-6-3-5(4-10)1-2-7(6)9/h1-3,10H,4H2. The molecule has 0 unspecified atom stereocenters. The lowest BCUT2D eigenvalue weighted by Gasteiger charge is -1.98. The van der Waals surface area contributed by atoms with Crippen molar-refractivity contribution in [1.82, 2.24) is 0 Å². The van der Waals surface area contributed by atoms with Crippen LogP contribution in [0.5, 0.6) is 0 Å². The van der Waals surface area contributed by atoms with Gasteiger partial charge in [-0.2, -0.15) is 0 Å². The number of aliphatic hydroxyl groups is 1. The fraction of sp³-hybridized carbons (Fsp3) is 0.143. The van der Waals surface area contributed by atoms with Crippen LogP contribution in [0.4, 0.5) is 4.39 Å². The number of rotatable bonds is 1. The molecule has 0 aliphatic heterocycles. The van der Waals surface area contributed by atoms with Gasteiger partial charge >= 0.3 is 0 Å². The summed E-state index contributed by atoms with van der Waals surface area (Å²) < 4.78 is 12.4. The molecule has 0 aliphatic carbocycles. The normalized spacial score (nSPS) is 9.80. The van der Waals surface area contributed by atoms with Crippen LogP contribution in [-0.2, 0) is 6.61 Å². The SMILES string of the molecule is [B]c1cc(CO)ccc1F. The van der Waals surface area contributed by atoms with Gasteiger partial charge in [0.15, 0.2) is 0 Å². The van der Waals surface area contributed by atoms with Gasteiger partial charge in [0, 0.05) is 0 Å². The van der Waals surface area contributed by atoms with Gasteiger partial charge in [-0.15, -0.1) is 0 Å². The van der Waals surface area contributed by atoms with Gasteiger partial charge in [-0.05, 0) is 11.6 Å². The number of aliphatic hydroxyl groups excluding tert-OH is 1. The van der Waals surface area contributed by atoms with Crippen molar-refractivity contribution in [1.29, 1.82) is 0 Å². The monoisotopic (exact) mass is 136 g/mol. The Morgan fingerprint density at radius 3 is 2.70 bits per heavy atom. The molecule has 0 saturated heterocycles. The van der Waals surface area contributed by atoms with Crippen LogP contribution < -0.4 is 5.46 Å². The maximum absolute atomic E-state index is 12.4. The highest BCUT2D eigenvalue weighted by Crippen LogP contribution is 1.98. The van der Waals surface area contributed by atoms with Crippen LogP contribution >= 0.6 is 0 Å². The van der Waals surface area contributed by atoms with E-state index in [4.69, 9.17) is 13.0 Å². The smallest absolute Gasteiger partial charge is 0.117 e. The fourth-order valence-electron chi connectivity index (χ4n) is 0.692. The zero-order valence-corrected chi connectivity index (χ0v) is 5.34. The quantitative estimate of drug-likeness (QED) is 0.543. The summed E-state index contributed by atoms with van der Waals surface area (Å²) in [5.41, 5.74) is 0.699. The molecule has 0 atom stereocenters. The van der Waals surface area contributed by atoms with Crippen LogP contribution in [0.3, 0.4) is 0 Å². The van der Waals surface area contributed by atoms with E-state index in [2.05, 4.69) is 0 Å². The first-order valence-corrected chi connectivity index (χ1v) is 2.89. The van der Waals surface area contributed by atoms with Crippen molar-refractivity contribution in [2.45, 2.75) is 6.61 Å². The molecule has 2 radical (unpaired) electrons. The van der Waals surface area contributed by atoms with Crippen molar-refractivity contribution in [2.75, 3.05) is 0 Å². The minimum absolute atomic E-state index is 0.0755. The Balaban J connectivity index is 3.04. The van der Waals surface area contributed by atoms with E-state index in [0.29, 0.717) is 5.56 Å². The van der Waals surface area contributed by atoms with Crippen LogP contribution in [0.2, 0.25) is 0 Å². The molecule has 0 bridgehead atoms. The van der Waals surface area contributed by atoms with Gasteiger partial charge in [-0.1, -0.05) is 17.6 Å². The molecule has 3 heteroatoms. The van der Waals surface area contributed by atoms with Crippen molar-refractivity contribution in [3.05, 3.63) is 29.6 Å². The number of halogens is 1. The maximum Gasteiger partial charge on any atom is 0.117 e. The van der Waals surface area contributed by atoms with Crippen molar-refractivity contribution in [3.8, 4) is 0 Å². The first-order valence-electron chi connectivity index (χ1n) is 2.89. The molecule has 1 nitrogen and oxygen atoms in total. The minimum Gasteiger partial charge on any atom is -0.392 e. The van der Waals surface area contributed by atoms with Crippen molar-refractivity contribution >= 4 is 13.3 Å². The summed E-state index contributed by atoms with van der Waals surface area (Å²) in [5, 5.41) is 8.57. The van der Waals surface area contributed by atoms with Gasteiger partial charge in [0.1, 0.15) is 13.7 Å². The Morgan fingerprint density at radius 1 is 1.50 bits per heavy atom. The summed E-state index contributed by atoms with van der Waals surface area (Å²) in [7, 11) is 5.21. The molecule has 50 valence electrons. The lowest BCUT2D eigenvalue weighted by Crippen LogP contribution is -2.08. The Hall–Kier alpha value is -0.825. The van der Waals surface area contributed by atoms with E-state index in [1.165, 1.54) is 18.2 Å². The summed E-state index contributed by atoms with van der Waals surface area (Å²) in [6, 6.07) is 4.14. The number of hydrogen-bond acceptors (Lipinski definition) is 1. The zero-order valence-electron chi connectivity index (χ0n) is 5.34. The first kappa shape index (κ1) is 7.28. The average molecular weight is 136 g/mol. The third-order valence-corrected chi connectivity index (χ3v) is 1.24. The highest BCUT2D eigenvalue weighted by Gasteiger charge is 1.95. The molecular formula is C7H6BFO. The van der Waals surface area contributed by atoms with Gasteiger partial charge in [0.05, 0.1) is 6.61 Å². The van der Waals surface area contributed by atoms with Crippen LogP contribution in [-0.4, -0.2) is 13.0 Å². The summed E-state index contributed by atoms with van der Waals surface area (Å²) in [5.74, 6) is -0.447. The molecule has 0 aliphatic rings. The minimum atomic E-state index is -0.447. The zero-order chi connectivity index (χ0) is 7.56. The molecule has 0 spiro atoms. The average Bonchev–Trinajstić information content (AvgIpc) is 1.95. The predicted octanol–water partition coefficient (Wildman–Crippen LogP) is 0.112. The van der Waals surface area contributed by atoms with Gasteiger partial charge in [-0.25, -0.2) is 4.39 Å². The summed E-state index contributed by atoms with van der Waals surface area (Å²) >= 11 is 0. The summed E-state index contributed by atoms with van der Waals surface area (Å²) in [6.45, 7) is -0.107. The maximum atomic E-state index is 12.4. The molecule has 0 amide bonds. The molecule has 1 aromatic rings. The van der Waals surface area contributed by atoms with Crippen LogP contribution in [0.25, 0.3) is 0 Å². The molecule has 1 N–H and O–H groups in total. The van der Waals surface area contributed by atoms with E-state index >= 15 is 0 Å². The Morgan fingerprint density at radius 2 is 2.20 bits per heavy atom. The summed E-state index contributed by atoms with van der Waals surface area (Å²) in [4.78, 5) is 0. The Bertz CT molecular complexity index is 237. The van der Waals surface area contributed by atoms with Crippen LogP contribution in [0.1, 0.15) is 5.56 Å². The van der Waals surface area contributed by atoms with Crippen LogP contribution in [0.15, 0.2) is 18.2 Å². The molecule has 0 aromatic heterocycles. The Kier molecular flexibility index (Phi) is 2.07. The topological polar surface area (TPSA) is 20.2 Å². The first-order chi connectivity index (χ1) is 4.74. The third kappa shape index (κ3) is 1.36. The second-order valence-corrected chi connectivity index (χ2v) is 2.01. The second kappa shape index (κ2) is 2.84. The molecule has 0 fully saturated rings. The fourth-order valence-corrected chi connectivity index (χ4v) is 0.692. The largest absolute Gasteiger partial charge is 0.392 e. The van der Waals surface area contributed by atoms with E-state index in [9.17, 15) is 4.39 Å². The number of hydrogen-bond donors (Lipinski definition) is 1. The molecule has 0 saturated carbocycles. The van der Waals surface area contributed by atoms with Crippen LogP contribution in [0, 0.1) is 5.82 Å². The third-order valence-electron chi connectivity index (χ3n) is 1.24. The summed E-state index contributed by atoms with van der Waals surface area (Å²) in [6.07, 6.45) is 0. The van der Waals surface area contributed by atoms with Crippen molar-refractivity contribution in [3.63, 3.8) is 0 Å². The molecule has 0 heterocycles. The van der Waals surface area contributed by atoms with E-state index in [1.54, 1.807) is 0 Å².